The van der Waals surface area contributed by atoms with Gasteiger partial charge in [0.25, 0.3) is 0 Å². The summed E-state index contributed by atoms with van der Waals surface area (Å²) in [5, 5.41) is 0. The van der Waals surface area contributed by atoms with Crippen molar-refractivity contribution in [2.45, 2.75) is 294 Å². The third kappa shape index (κ3) is 40.9. The van der Waals surface area contributed by atoms with Crippen LogP contribution in [0.3, 0.4) is 0 Å². The van der Waals surface area contributed by atoms with Crippen LogP contribution < -0.4 is 0 Å². The van der Waals surface area contributed by atoms with Crippen LogP contribution in [0.1, 0.15) is 289 Å². The van der Waals surface area contributed by atoms with E-state index < -0.39 is 153 Å². The average molecular weight is 1010 g/mol. The minimum atomic E-state index is -4.49. The second kappa shape index (κ2) is 31.4. The van der Waals surface area contributed by atoms with Crippen LogP contribution in [-0.2, 0) is 0 Å². The van der Waals surface area contributed by atoms with E-state index in [4.69, 9.17) is 35.6 Å². The second-order valence-corrected chi connectivity index (χ2v) is 19.0. The first kappa shape index (κ1) is 35.2. The molecule has 0 aromatic carbocycles. The highest BCUT2D eigenvalue weighted by molar-refractivity contribution is 4.84. The van der Waals surface area contributed by atoms with E-state index in [1.807, 2.05) is 27.7 Å². The molecule has 0 bridgehead atoms. The molecule has 4 unspecified atom stereocenters. The van der Waals surface area contributed by atoms with E-state index >= 15 is 0 Å². The first-order valence-corrected chi connectivity index (χ1v) is 21.6. The van der Waals surface area contributed by atoms with Crippen molar-refractivity contribution in [2.75, 3.05) is 0 Å². The maximum absolute atomic E-state index is 14.4. The van der Waals surface area contributed by atoms with Gasteiger partial charge in [0, 0.05) is 35.6 Å². The van der Waals surface area contributed by atoms with Gasteiger partial charge in [-0.25, -0.2) is 17.6 Å². The van der Waals surface area contributed by atoms with Gasteiger partial charge in [0.1, 0.15) is 22.7 Å². The Labute approximate surface area is 433 Å². The van der Waals surface area contributed by atoms with Gasteiger partial charge in [0.05, 0.1) is 17.3 Å². The quantitative estimate of drug-likeness (QED) is 0.246. The van der Waals surface area contributed by atoms with Gasteiger partial charge < -0.3 is 0 Å². The summed E-state index contributed by atoms with van der Waals surface area (Å²) in [5.74, 6) is -9.58. The van der Waals surface area contributed by atoms with Crippen LogP contribution in [0.4, 0.5) is 57.1 Å². The zero-order valence-corrected chi connectivity index (χ0v) is 42.7. The van der Waals surface area contributed by atoms with Crippen LogP contribution in [0.15, 0.2) is 0 Å². The minimum absolute atomic E-state index is 0.229. The number of hydrogen-bond acceptors (Lipinski definition) is 0. The molecule has 4 fully saturated rings. The fourth-order valence-corrected chi connectivity index (χ4v) is 4.32. The molecule has 4 saturated carbocycles. The normalized spacial score (nSPS) is 47.4. The molecule has 0 aliphatic heterocycles. The Bertz CT molecular complexity index is 2000. The van der Waals surface area contributed by atoms with Crippen LogP contribution >= 0.6 is 0 Å². The SMILES string of the molecule is [2H]C([2H])(C)C(C)(C)C.[2H]C([2H])(C)C(C)(C)C(F)(F)F.[2H]C([2H])(C)C(C)C(F)(F)F.[2H]C([2H])(C)CC(C)C(F)(F)F.[2H]C1(C)CCC(C)(F)CC1.[2H]C1([2H])C(C)(F)C([2H])([2H])[C@]([2H])(C)C1([2H])[2H].[2H]C1([2H])C([2H])([2H])C(C)(F)C([2H])([2H])C([2H])([2H])C1([2H])C.[2H][C@@]1(C)CCC(C)(F)C1. The molecule has 0 amide bonds. The van der Waals surface area contributed by atoms with Crippen LogP contribution in [0.5, 0.6) is 0 Å². The van der Waals surface area contributed by atoms with E-state index in [9.17, 15) is 57.1 Å². The average Bonchev–Trinajstić information content (AvgIpc) is 1.00. The lowest BCUT2D eigenvalue weighted by molar-refractivity contribution is -0.212. The summed E-state index contributed by atoms with van der Waals surface area (Å²) in [5.41, 5.74) is -11.0. The summed E-state index contributed by atoms with van der Waals surface area (Å²) >= 11 is 0. The molecule has 0 aromatic rings. The maximum Gasteiger partial charge on any atom is 0.393 e. The van der Waals surface area contributed by atoms with Gasteiger partial charge in [-0.2, -0.15) is 39.5 Å². The molecule has 0 N–H and O–H groups in total. The van der Waals surface area contributed by atoms with Crippen LogP contribution in [0.2, 0.25) is 0 Å². The van der Waals surface area contributed by atoms with Crippen molar-refractivity contribution in [1.29, 1.82) is 0 Å². The molecule has 0 heterocycles. The molecule has 66 heavy (non-hydrogen) atoms. The van der Waals surface area contributed by atoms with E-state index in [2.05, 4.69) is 0 Å². The highest BCUT2D eigenvalue weighted by Crippen LogP contribution is 2.40. The van der Waals surface area contributed by atoms with E-state index in [1.54, 1.807) is 27.7 Å². The third-order valence-electron chi connectivity index (χ3n) is 9.84. The van der Waals surface area contributed by atoms with Crippen LogP contribution in [-0.4, -0.2) is 41.2 Å². The van der Waals surface area contributed by atoms with Crippen molar-refractivity contribution in [3.8, 4) is 0 Å². The molecule has 4 rings (SSSR count). The molecule has 13 heteroatoms. The Morgan fingerprint density at radius 2 is 0.909 bits per heavy atom. The molecular weight excluding hydrogens is 884 g/mol. The van der Waals surface area contributed by atoms with Crippen molar-refractivity contribution < 1.29 is 92.7 Å². The molecule has 0 aromatic heterocycles. The Kier molecular flexibility index (Phi) is 16.8. The Morgan fingerprint density at radius 1 is 0.545 bits per heavy atom. The monoisotopic (exact) mass is 1010 g/mol. The van der Waals surface area contributed by atoms with Gasteiger partial charge in [0.15, 0.2) is 0 Å². The Hall–Kier alpha value is -0.910. The second-order valence-electron chi connectivity index (χ2n) is 19.0. The summed E-state index contributed by atoms with van der Waals surface area (Å²) < 4.78 is 352. The summed E-state index contributed by atoms with van der Waals surface area (Å²) in [4.78, 5) is 0. The first-order chi connectivity index (χ1) is 38.6. The molecule has 404 valence electrons. The molecule has 6 atom stereocenters. The predicted molar refractivity (Wildman–Crippen MR) is 255 cm³/mol. The van der Waals surface area contributed by atoms with Gasteiger partial charge in [0.2, 0.25) is 0 Å². The number of halogens is 13. The lowest BCUT2D eigenvalue weighted by Crippen LogP contribution is -2.30. The zero-order valence-electron chi connectivity index (χ0n) is 68.7. The molecular formula is C53H101F13. The fourth-order valence-electron chi connectivity index (χ4n) is 4.32. The van der Waals surface area contributed by atoms with Crippen molar-refractivity contribution in [1.82, 2.24) is 0 Å². The molecule has 0 radical (unpaired) electrons. The maximum atomic E-state index is 14.4. The summed E-state index contributed by atoms with van der Waals surface area (Å²) in [6, 6.07) is 0. The summed E-state index contributed by atoms with van der Waals surface area (Å²) in [6.07, 6.45) is -38.6. The standard InChI is InChI=1S/2C8H15F.2C7H13F.2C6H11F3.C6H14.C5H9F3/c2*1-7-3-5-8(2,9)6-4-7;2*1-6-3-4-7(2,8)5-6;1-4-5(2,3)6(7,8)9;1-3-4-5(2)6(7,8)9;1-5-6(2,3)4;1-3-4(2)5(6,7)8/h2*7H,3-6H2,1-2H3;2*6H,3-5H2,1-2H3;4H2,1-3H3;5H,3-4H2,1-2H3;5H2,1-4H3;4H,3H2,1-2H3/t;;2*6-,7?;;;;/m..11..../s1/i3D2,4D2,5D2,6D2,7D;7D;3D2,4D2,5D2,6D;6D;4D2;3D2;5D2;3D2. The largest absolute Gasteiger partial charge is 0.393 e. The number of alkyl halides is 13. The molecule has 4 aliphatic rings. The van der Waals surface area contributed by atoms with Crippen molar-refractivity contribution >= 4 is 0 Å². The van der Waals surface area contributed by atoms with Crippen LogP contribution in [0, 0.1) is 46.2 Å². The lowest BCUT2D eigenvalue weighted by Gasteiger charge is -2.28. The summed E-state index contributed by atoms with van der Waals surface area (Å²) in [7, 11) is 0. The predicted octanol–water partition coefficient (Wildman–Crippen LogP) is 21.9. The van der Waals surface area contributed by atoms with E-state index in [-0.39, 0.29) is 11.3 Å². The van der Waals surface area contributed by atoms with Crippen molar-refractivity contribution in [2.24, 2.45) is 46.2 Å². The molecule has 0 spiro atoms. The Morgan fingerprint density at radius 3 is 1.06 bits per heavy atom. The van der Waals surface area contributed by atoms with Crippen molar-refractivity contribution in [3.63, 3.8) is 0 Å². The van der Waals surface area contributed by atoms with Gasteiger partial charge >= 0.3 is 18.5 Å². The van der Waals surface area contributed by atoms with E-state index in [1.165, 1.54) is 0 Å². The number of hydrogen-bond donors (Lipinski definition) is 0. The zero-order chi connectivity index (χ0) is 76.8. The lowest BCUT2D eigenvalue weighted by atomic mass is 9.82. The van der Waals surface area contributed by atoms with E-state index in [0.717, 1.165) is 62.3 Å². The van der Waals surface area contributed by atoms with Crippen LogP contribution in [0.25, 0.3) is 0 Å². The molecule has 0 nitrogen and oxygen atoms in total. The Balaban J connectivity index is -0.000000488. The van der Waals surface area contributed by atoms with Crippen molar-refractivity contribution in [3.05, 3.63) is 0 Å². The molecule has 0 saturated heterocycles. The first-order valence-electron chi connectivity index (χ1n) is 34.6. The smallest absolute Gasteiger partial charge is 0.244 e. The van der Waals surface area contributed by atoms with E-state index in [0.29, 0.717) is 58.8 Å². The van der Waals surface area contributed by atoms with Gasteiger partial charge in [-0.05, 0) is 165 Å². The van der Waals surface area contributed by atoms with Gasteiger partial charge in [-0.15, -0.1) is 0 Å². The van der Waals surface area contributed by atoms with Gasteiger partial charge in [-0.3, -0.25) is 0 Å². The third-order valence-corrected chi connectivity index (χ3v) is 9.84. The van der Waals surface area contributed by atoms with Gasteiger partial charge in [-0.1, -0.05) is 117 Å². The summed E-state index contributed by atoms with van der Waals surface area (Å²) in [6.45, 7) is 23.5. The number of rotatable bonds is 4. The highest BCUT2D eigenvalue weighted by atomic mass is 19.4. The fraction of sp³-hybridized carbons (Fsp3) is 1.00. The minimum Gasteiger partial charge on any atom is -0.244 e. The molecule has 4 aliphatic carbocycles. The topological polar surface area (TPSA) is 0 Å². The highest BCUT2D eigenvalue weighted by Gasteiger charge is 2.45.